The van der Waals surface area contributed by atoms with Crippen molar-refractivity contribution in [2.24, 2.45) is 0 Å². The number of aromatic nitrogens is 1. The zero-order valence-corrected chi connectivity index (χ0v) is 16.7. The number of hydrogen-bond donors (Lipinski definition) is 0. The lowest BCUT2D eigenvalue weighted by Gasteiger charge is -2.34. The van der Waals surface area contributed by atoms with E-state index in [1.165, 1.54) is 17.4 Å². The lowest BCUT2D eigenvalue weighted by molar-refractivity contribution is 0.0631. The van der Waals surface area contributed by atoms with Crippen LogP contribution in [0.4, 0.5) is 4.39 Å². The van der Waals surface area contributed by atoms with Crippen molar-refractivity contribution in [3.05, 3.63) is 63.0 Å². The highest BCUT2D eigenvalue weighted by Crippen LogP contribution is 2.30. The van der Waals surface area contributed by atoms with Gasteiger partial charge in [0.1, 0.15) is 15.7 Å². The third kappa shape index (κ3) is 3.95. The molecule has 3 heterocycles. The van der Waals surface area contributed by atoms with E-state index in [0.29, 0.717) is 25.2 Å². The first-order chi connectivity index (χ1) is 13.1. The second kappa shape index (κ2) is 7.88. The summed E-state index contributed by atoms with van der Waals surface area (Å²) in [7, 11) is 0. The van der Waals surface area contributed by atoms with Crippen LogP contribution in [-0.4, -0.2) is 46.9 Å². The van der Waals surface area contributed by atoms with Crippen LogP contribution in [0.15, 0.2) is 41.1 Å². The summed E-state index contributed by atoms with van der Waals surface area (Å²) < 4.78 is 13.8. The number of benzene rings is 1. The van der Waals surface area contributed by atoms with E-state index in [4.69, 9.17) is 0 Å². The number of nitrogens with zero attached hydrogens (tertiary/aromatic N) is 3. The first kappa shape index (κ1) is 18.3. The summed E-state index contributed by atoms with van der Waals surface area (Å²) in [5.41, 5.74) is 2.57. The van der Waals surface area contributed by atoms with E-state index in [1.807, 2.05) is 40.8 Å². The quantitative estimate of drug-likeness (QED) is 0.655. The molecular formula is C20H20FN3OS2. The molecule has 0 atom stereocenters. The number of carbonyl (C=O) groups excluding carboxylic acids is 1. The molecule has 1 aromatic carbocycles. The van der Waals surface area contributed by atoms with Gasteiger partial charge in [-0.1, -0.05) is 18.2 Å². The Morgan fingerprint density at radius 1 is 1.19 bits per heavy atom. The number of thiophene rings is 1. The standard InChI is InChI=1S/C20H20FN3OS2/c1-14-18(27-19(22-14)16-6-11-26-13-16)20(25)24-9-7-23(8-10-24)12-15-4-2-3-5-17(15)21/h2-6,11,13H,7-10,12H2,1H3. The minimum absolute atomic E-state index is 0.0528. The van der Waals surface area contributed by atoms with Crippen LogP contribution in [0.2, 0.25) is 0 Å². The van der Waals surface area contributed by atoms with E-state index < -0.39 is 0 Å². The molecule has 3 aromatic rings. The van der Waals surface area contributed by atoms with E-state index in [0.717, 1.165) is 34.2 Å². The van der Waals surface area contributed by atoms with Crippen molar-refractivity contribution in [2.45, 2.75) is 13.5 Å². The summed E-state index contributed by atoms with van der Waals surface area (Å²) in [5, 5.41) is 4.96. The highest BCUT2D eigenvalue weighted by atomic mass is 32.1. The zero-order valence-electron chi connectivity index (χ0n) is 15.0. The fourth-order valence-corrected chi connectivity index (χ4v) is 4.97. The SMILES string of the molecule is Cc1nc(-c2ccsc2)sc1C(=O)N1CCN(Cc2ccccc2F)CC1. The molecule has 0 aliphatic carbocycles. The van der Waals surface area contributed by atoms with E-state index in [2.05, 4.69) is 9.88 Å². The van der Waals surface area contributed by atoms with Gasteiger partial charge < -0.3 is 4.90 Å². The Balaban J connectivity index is 1.40. The zero-order chi connectivity index (χ0) is 18.8. The number of amides is 1. The van der Waals surface area contributed by atoms with Gasteiger partial charge in [0, 0.05) is 49.2 Å². The van der Waals surface area contributed by atoms with Gasteiger partial charge in [0.25, 0.3) is 5.91 Å². The molecule has 0 bridgehead atoms. The van der Waals surface area contributed by atoms with Crippen LogP contribution in [-0.2, 0) is 6.54 Å². The molecular weight excluding hydrogens is 381 g/mol. The van der Waals surface area contributed by atoms with Gasteiger partial charge >= 0.3 is 0 Å². The van der Waals surface area contributed by atoms with Gasteiger partial charge in [-0.3, -0.25) is 9.69 Å². The second-order valence-electron chi connectivity index (χ2n) is 6.61. The number of piperazine rings is 1. The molecule has 0 spiro atoms. The van der Waals surface area contributed by atoms with Crippen LogP contribution in [0.25, 0.3) is 10.6 Å². The van der Waals surface area contributed by atoms with Crippen LogP contribution >= 0.6 is 22.7 Å². The summed E-state index contributed by atoms with van der Waals surface area (Å²) in [4.78, 5) is 22.3. The number of thiazole rings is 1. The van der Waals surface area contributed by atoms with Crippen molar-refractivity contribution < 1.29 is 9.18 Å². The topological polar surface area (TPSA) is 36.4 Å². The molecule has 1 fully saturated rings. The van der Waals surface area contributed by atoms with E-state index in [9.17, 15) is 9.18 Å². The fourth-order valence-electron chi connectivity index (χ4n) is 3.22. The summed E-state index contributed by atoms with van der Waals surface area (Å²) in [5.74, 6) is -0.116. The van der Waals surface area contributed by atoms with E-state index in [1.54, 1.807) is 17.4 Å². The number of carbonyl (C=O) groups is 1. The smallest absolute Gasteiger partial charge is 0.265 e. The molecule has 4 rings (SSSR count). The van der Waals surface area contributed by atoms with Gasteiger partial charge in [-0.25, -0.2) is 9.37 Å². The van der Waals surface area contributed by atoms with Crippen molar-refractivity contribution >= 4 is 28.6 Å². The Morgan fingerprint density at radius 3 is 2.67 bits per heavy atom. The van der Waals surface area contributed by atoms with Crippen LogP contribution in [0.3, 0.4) is 0 Å². The molecule has 4 nitrogen and oxygen atoms in total. The Labute approximate surface area is 165 Å². The predicted molar refractivity (Wildman–Crippen MR) is 108 cm³/mol. The Bertz CT molecular complexity index is 931. The maximum Gasteiger partial charge on any atom is 0.265 e. The largest absolute Gasteiger partial charge is 0.335 e. The molecule has 27 heavy (non-hydrogen) atoms. The first-order valence-corrected chi connectivity index (χ1v) is 10.6. The summed E-state index contributed by atoms with van der Waals surface area (Å²) in [6.45, 7) is 5.27. The van der Waals surface area contributed by atoms with Crippen molar-refractivity contribution in [3.63, 3.8) is 0 Å². The van der Waals surface area contributed by atoms with Crippen molar-refractivity contribution in [3.8, 4) is 10.6 Å². The van der Waals surface area contributed by atoms with Crippen LogP contribution in [0.1, 0.15) is 20.9 Å². The first-order valence-electron chi connectivity index (χ1n) is 8.87. The Kier molecular flexibility index (Phi) is 5.33. The van der Waals surface area contributed by atoms with Crippen molar-refractivity contribution in [1.82, 2.24) is 14.8 Å². The van der Waals surface area contributed by atoms with Crippen molar-refractivity contribution in [2.75, 3.05) is 26.2 Å². The molecule has 2 aromatic heterocycles. The number of rotatable bonds is 4. The van der Waals surface area contributed by atoms with E-state index >= 15 is 0 Å². The Morgan fingerprint density at radius 2 is 1.96 bits per heavy atom. The highest BCUT2D eigenvalue weighted by molar-refractivity contribution is 7.17. The van der Waals surface area contributed by atoms with Gasteiger partial charge in [0.15, 0.2) is 0 Å². The van der Waals surface area contributed by atoms with Crippen molar-refractivity contribution in [1.29, 1.82) is 0 Å². The molecule has 1 saturated heterocycles. The minimum atomic E-state index is -0.169. The molecule has 1 amide bonds. The normalized spacial score (nSPS) is 15.3. The predicted octanol–water partition coefficient (Wildman–Crippen LogP) is 4.28. The summed E-state index contributed by atoms with van der Waals surface area (Å²) >= 11 is 3.09. The third-order valence-corrected chi connectivity index (χ3v) is 6.65. The molecule has 0 saturated carbocycles. The van der Waals surface area contributed by atoms with E-state index in [-0.39, 0.29) is 11.7 Å². The third-order valence-electron chi connectivity index (χ3n) is 4.77. The lowest BCUT2D eigenvalue weighted by Crippen LogP contribution is -2.48. The van der Waals surface area contributed by atoms with Gasteiger partial charge in [-0.15, -0.1) is 11.3 Å². The summed E-state index contributed by atoms with van der Waals surface area (Å²) in [6.07, 6.45) is 0. The summed E-state index contributed by atoms with van der Waals surface area (Å²) in [6, 6.07) is 8.90. The second-order valence-corrected chi connectivity index (χ2v) is 8.38. The maximum atomic E-state index is 13.8. The van der Waals surface area contributed by atoms with Gasteiger partial charge in [-0.2, -0.15) is 11.3 Å². The van der Waals surface area contributed by atoms with Gasteiger partial charge in [0.05, 0.1) is 5.69 Å². The number of hydrogen-bond acceptors (Lipinski definition) is 5. The molecule has 0 N–H and O–H groups in total. The lowest BCUT2D eigenvalue weighted by atomic mass is 10.2. The van der Waals surface area contributed by atoms with Gasteiger partial charge in [-0.05, 0) is 24.4 Å². The fraction of sp³-hybridized carbons (Fsp3) is 0.300. The number of aryl methyl sites for hydroxylation is 1. The average Bonchev–Trinajstić information content (AvgIpc) is 3.33. The number of halogens is 1. The monoisotopic (exact) mass is 401 g/mol. The van der Waals surface area contributed by atoms with Crippen LogP contribution in [0.5, 0.6) is 0 Å². The van der Waals surface area contributed by atoms with Crippen LogP contribution < -0.4 is 0 Å². The maximum absolute atomic E-state index is 13.8. The Hall–Kier alpha value is -2.09. The van der Waals surface area contributed by atoms with Crippen LogP contribution in [0, 0.1) is 12.7 Å². The minimum Gasteiger partial charge on any atom is -0.335 e. The molecule has 0 radical (unpaired) electrons. The average molecular weight is 402 g/mol. The molecule has 0 unspecified atom stereocenters. The molecule has 1 aliphatic rings. The molecule has 1 aliphatic heterocycles. The highest BCUT2D eigenvalue weighted by Gasteiger charge is 2.26. The van der Waals surface area contributed by atoms with Gasteiger partial charge in [0.2, 0.25) is 0 Å². The molecule has 140 valence electrons. The molecule has 7 heteroatoms.